The molecule has 0 radical (unpaired) electrons. The monoisotopic (exact) mass is 299 g/mol. The van der Waals surface area contributed by atoms with Gasteiger partial charge in [0.2, 0.25) is 5.82 Å². The number of aromatic hydroxyl groups is 1. The van der Waals surface area contributed by atoms with Crippen LogP contribution in [0.2, 0.25) is 0 Å². The maximum Gasteiger partial charge on any atom is 0.351 e. The molecule has 6 nitrogen and oxygen atoms in total. The molecule has 0 amide bonds. The van der Waals surface area contributed by atoms with Crippen molar-refractivity contribution in [2.45, 2.75) is 0 Å². The SMILES string of the molecule is COC(=O)c1sccc1O.O=[N+]([O-])c1ccccc1F. The average molecular weight is 299 g/mol. The minimum atomic E-state index is -0.799. The van der Waals surface area contributed by atoms with Crippen LogP contribution in [0.25, 0.3) is 0 Å². The summed E-state index contributed by atoms with van der Waals surface area (Å²) in [5.74, 6) is -1.31. The van der Waals surface area contributed by atoms with Crippen LogP contribution in [0.1, 0.15) is 9.67 Å². The van der Waals surface area contributed by atoms with E-state index < -0.39 is 22.4 Å². The van der Waals surface area contributed by atoms with Crippen molar-refractivity contribution in [2.75, 3.05) is 7.11 Å². The van der Waals surface area contributed by atoms with Gasteiger partial charge in [0.05, 0.1) is 12.0 Å². The van der Waals surface area contributed by atoms with Gasteiger partial charge in [0.15, 0.2) is 4.88 Å². The van der Waals surface area contributed by atoms with Gasteiger partial charge < -0.3 is 9.84 Å². The van der Waals surface area contributed by atoms with Gasteiger partial charge in [-0.05, 0) is 17.5 Å². The van der Waals surface area contributed by atoms with E-state index >= 15 is 0 Å². The van der Waals surface area contributed by atoms with Gasteiger partial charge in [0.25, 0.3) is 0 Å². The summed E-state index contributed by atoms with van der Waals surface area (Å²) in [6.45, 7) is 0. The van der Waals surface area contributed by atoms with Crippen molar-refractivity contribution in [2.24, 2.45) is 0 Å². The van der Waals surface area contributed by atoms with E-state index in [1.54, 1.807) is 5.38 Å². The number of carbonyl (C=O) groups excluding carboxylic acids is 1. The molecule has 2 aromatic rings. The number of carbonyl (C=O) groups is 1. The van der Waals surface area contributed by atoms with Crippen LogP contribution in [0, 0.1) is 15.9 Å². The number of halogens is 1. The summed E-state index contributed by atoms with van der Waals surface area (Å²) < 4.78 is 16.8. The molecule has 0 fully saturated rings. The lowest BCUT2D eigenvalue weighted by Crippen LogP contribution is -1.97. The van der Waals surface area contributed by atoms with Gasteiger partial charge in [0.1, 0.15) is 5.75 Å². The van der Waals surface area contributed by atoms with E-state index in [0.717, 1.165) is 23.5 Å². The molecule has 0 spiro atoms. The van der Waals surface area contributed by atoms with Crippen molar-refractivity contribution in [1.29, 1.82) is 0 Å². The van der Waals surface area contributed by atoms with E-state index in [1.165, 1.54) is 25.3 Å². The quantitative estimate of drug-likeness (QED) is 0.523. The molecule has 0 aliphatic heterocycles. The van der Waals surface area contributed by atoms with Crippen LogP contribution in [0.4, 0.5) is 10.1 Å². The molecule has 1 aromatic carbocycles. The van der Waals surface area contributed by atoms with E-state index in [-0.39, 0.29) is 10.6 Å². The minimum Gasteiger partial charge on any atom is -0.506 e. The predicted molar refractivity (Wildman–Crippen MR) is 70.4 cm³/mol. The lowest BCUT2D eigenvalue weighted by atomic mass is 10.3. The van der Waals surface area contributed by atoms with Crippen LogP contribution < -0.4 is 0 Å². The Morgan fingerprint density at radius 2 is 2.05 bits per heavy atom. The molecule has 0 saturated carbocycles. The lowest BCUT2D eigenvalue weighted by Gasteiger charge is -1.93. The first kappa shape index (κ1) is 15.6. The van der Waals surface area contributed by atoms with Gasteiger partial charge >= 0.3 is 11.7 Å². The number of esters is 1. The zero-order valence-electron chi connectivity index (χ0n) is 10.3. The topological polar surface area (TPSA) is 89.7 Å². The Hall–Kier alpha value is -2.48. The van der Waals surface area contributed by atoms with Crippen molar-refractivity contribution >= 4 is 23.0 Å². The van der Waals surface area contributed by atoms with Crippen LogP contribution >= 0.6 is 11.3 Å². The third-order valence-electron chi connectivity index (χ3n) is 2.06. The number of thiophene rings is 1. The second-order valence-corrected chi connectivity index (χ2v) is 4.25. The Morgan fingerprint density at radius 3 is 2.45 bits per heavy atom. The lowest BCUT2D eigenvalue weighted by molar-refractivity contribution is -0.387. The maximum absolute atomic E-state index is 12.4. The summed E-state index contributed by atoms with van der Waals surface area (Å²) in [5, 5.41) is 20.6. The Morgan fingerprint density at radius 1 is 1.40 bits per heavy atom. The highest BCUT2D eigenvalue weighted by atomic mass is 32.1. The molecule has 20 heavy (non-hydrogen) atoms. The fourth-order valence-electron chi connectivity index (χ4n) is 1.15. The summed E-state index contributed by atoms with van der Waals surface area (Å²) in [7, 11) is 1.28. The standard InChI is InChI=1S/C6H4FNO2.C6H6O3S/c7-5-3-1-2-4-6(5)8(9)10;1-9-6(8)5-4(7)2-3-10-5/h1-4H;2-3,7H,1H3. The molecule has 1 aromatic heterocycles. The molecule has 0 bridgehead atoms. The average Bonchev–Trinajstić information content (AvgIpc) is 2.85. The number of hydrogen-bond acceptors (Lipinski definition) is 6. The number of para-hydroxylation sites is 1. The van der Waals surface area contributed by atoms with E-state index in [4.69, 9.17) is 5.11 Å². The first-order chi connectivity index (χ1) is 9.47. The number of hydrogen-bond donors (Lipinski definition) is 1. The Bertz CT molecular complexity index is 613. The molecule has 1 heterocycles. The van der Waals surface area contributed by atoms with Crippen LogP contribution in [0.15, 0.2) is 35.7 Å². The van der Waals surface area contributed by atoms with Crippen LogP contribution in [0.5, 0.6) is 5.75 Å². The summed E-state index contributed by atoms with van der Waals surface area (Å²) >= 11 is 1.16. The molecular formula is C12H10FNO5S. The molecule has 106 valence electrons. The summed E-state index contributed by atoms with van der Waals surface area (Å²) in [5.41, 5.74) is -0.484. The third kappa shape index (κ3) is 4.02. The molecular weight excluding hydrogens is 289 g/mol. The van der Waals surface area contributed by atoms with Crippen molar-refractivity contribution in [1.82, 2.24) is 0 Å². The van der Waals surface area contributed by atoms with Crippen molar-refractivity contribution < 1.29 is 24.0 Å². The Kier molecular flexibility index (Phi) is 5.60. The highest BCUT2D eigenvalue weighted by Crippen LogP contribution is 2.23. The number of nitro groups is 1. The normalized spacial score (nSPS) is 9.30. The van der Waals surface area contributed by atoms with E-state index in [1.807, 2.05) is 0 Å². The minimum absolute atomic E-state index is 0.0168. The van der Waals surface area contributed by atoms with Crippen LogP contribution in [-0.4, -0.2) is 23.1 Å². The summed E-state index contributed by atoms with van der Waals surface area (Å²) in [4.78, 5) is 20.2. The zero-order chi connectivity index (χ0) is 15.1. The predicted octanol–water partition coefficient (Wildman–Crippen LogP) is 2.97. The molecule has 0 aliphatic carbocycles. The largest absolute Gasteiger partial charge is 0.506 e. The van der Waals surface area contributed by atoms with E-state index in [2.05, 4.69) is 4.74 Å². The number of nitrogens with zero attached hydrogens (tertiary/aromatic N) is 1. The number of methoxy groups -OCH3 is 1. The number of ether oxygens (including phenoxy) is 1. The Balaban J connectivity index is 0.000000200. The molecule has 8 heteroatoms. The Labute approximate surface area is 117 Å². The second-order valence-electron chi connectivity index (χ2n) is 3.34. The first-order valence-electron chi connectivity index (χ1n) is 5.21. The van der Waals surface area contributed by atoms with E-state index in [0.29, 0.717) is 0 Å². The molecule has 2 rings (SSSR count). The number of rotatable bonds is 2. The molecule has 0 atom stereocenters. The van der Waals surface area contributed by atoms with Gasteiger partial charge in [-0.3, -0.25) is 10.1 Å². The molecule has 0 aliphatic rings. The fourth-order valence-corrected chi connectivity index (χ4v) is 1.85. The zero-order valence-corrected chi connectivity index (χ0v) is 11.1. The van der Waals surface area contributed by atoms with Gasteiger partial charge in [-0.25, -0.2) is 4.79 Å². The van der Waals surface area contributed by atoms with Crippen molar-refractivity contribution in [3.05, 3.63) is 56.5 Å². The van der Waals surface area contributed by atoms with Gasteiger partial charge in [-0.15, -0.1) is 11.3 Å². The van der Waals surface area contributed by atoms with Gasteiger partial charge in [0, 0.05) is 6.07 Å². The summed E-state index contributed by atoms with van der Waals surface area (Å²) in [6.07, 6.45) is 0. The molecule has 0 saturated heterocycles. The van der Waals surface area contributed by atoms with Gasteiger partial charge in [-0.1, -0.05) is 12.1 Å². The van der Waals surface area contributed by atoms with Crippen LogP contribution in [-0.2, 0) is 4.74 Å². The summed E-state index contributed by atoms with van der Waals surface area (Å²) in [6, 6.07) is 6.45. The number of benzene rings is 1. The highest BCUT2D eigenvalue weighted by Gasteiger charge is 2.11. The number of nitro benzene ring substituents is 1. The molecule has 1 N–H and O–H groups in total. The highest BCUT2D eigenvalue weighted by molar-refractivity contribution is 7.12. The third-order valence-corrected chi connectivity index (χ3v) is 2.95. The van der Waals surface area contributed by atoms with Crippen molar-refractivity contribution in [3.63, 3.8) is 0 Å². The van der Waals surface area contributed by atoms with E-state index in [9.17, 15) is 19.3 Å². The fraction of sp³-hybridized carbons (Fsp3) is 0.0833. The first-order valence-corrected chi connectivity index (χ1v) is 6.09. The van der Waals surface area contributed by atoms with Gasteiger partial charge in [-0.2, -0.15) is 4.39 Å². The smallest absolute Gasteiger partial charge is 0.351 e. The maximum atomic E-state index is 12.4. The molecule has 0 unspecified atom stereocenters. The van der Waals surface area contributed by atoms with Crippen molar-refractivity contribution in [3.8, 4) is 5.75 Å². The van der Waals surface area contributed by atoms with Crippen LogP contribution in [0.3, 0.4) is 0 Å². The second kappa shape index (κ2) is 7.19.